The number of alkyl carbamates (subject to hydrolysis) is 1. The Hall–Kier alpha value is -1.86. The van der Waals surface area contributed by atoms with E-state index >= 15 is 0 Å². The Morgan fingerprint density at radius 3 is 2.09 bits per heavy atom. The summed E-state index contributed by atoms with van der Waals surface area (Å²) in [5, 5.41) is 2.73. The van der Waals surface area contributed by atoms with Crippen molar-refractivity contribution in [2.45, 2.75) is 72.1 Å². The highest BCUT2D eigenvalue weighted by molar-refractivity contribution is 6.18. The number of rotatable bonds is 11. The van der Waals surface area contributed by atoms with Crippen LogP contribution in [0.15, 0.2) is 18.2 Å². The van der Waals surface area contributed by atoms with Gasteiger partial charge in [0.15, 0.2) is 0 Å². The number of carbonyl (C=O) groups is 2. The van der Waals surface area contributed by atoms with Crippen molar-refractivity contribution in [1.82, 2.24) is 5.32 Å². The van der Waals surface area contributed by atoms with Crippen LogP contribution in [0.2, 0.25) is 0 Å². The molecule has 0 fully saturated rings. The van der Waals surface area contributed by atoms with Crippen LogP contribution in [-0.2, 0) is 14.3 Å². The summed E-state index contributed by atoms with van der Waals surface area (Å²) in [6, 6.07) is 5.20. The van der Waals surface area contributed by atoms with E-state index in [1.165, 1.54) is 0 Å². The Kier molecular flexibility index (Phi) is 11.6. The number of esters is 1. The van der Waals surface area contributed by atoms with Gasteiger partial charge in [-0.1, -0.05) is 6.07 Å². The zero-order valence-electron chi connectivity index (χ0n) is 20.8. The van der Waals surface area contributed by atoms with Gasteiger partial charge in [0.25, 0.3) is 0 Å². The molecule has 1 N–H and O–H groups in total. The second kappa shape index (κ2) is 13.1. The molecule has 1 amide bonds. The molecule has 0 radical (unpaired) electrons. The molecule has 0 aromatic heterocycles. The first-order chi connectivity index (χ1) is 15.2. The summed E-state index contributed by atoms with van der Waals surface area (Å²) in [5.41, 5.74) is 0.554. The van der Waals surface area contributed by atoms with Crippen molar-refractivity contribution >= 4 is 41.0 Å². The van der Waals surface area contributed by atoms with Crippen LogP contribution in [0.1, 0.15) is 53.5 Å². The van der Waals surface area contributed by atoms with E-state index in [0.717, 1.165) is 11.3 Å². The molecule has 0 saturated heterocycles. The van der Waals surface area contributed by atoms with Crippen molar-refractivity contribution in [2.24, 2.45) is 0 Å². The lowest BCUT2D eigenvalue weighted by atomic mass is 10.1. The maximum atomic E-state index is 12.4. The van der Waals surface area contributed by atoms with Crippen LogP contribution in [-0.4, -0.2) is 60.8 Å². The molecule has 0 unspecified atom stereocenters. The summed E-state index contributed by atoms with van der Waals surface area (Å²) in [7, 11) is 0. The first kappa shape index (κ1) is 29.2. The molecule has 0 aliphatic rings. The van der Waals surface area contributed by atoms with Crippen LogP contribution in [0.3, 0.4) is 0 Å². The van der Waals surface area contributed by atoms with E-state index in [0.29, 0.717) is 30.6 Å². The fraction of sp³-hybridized carbons (Fsp3) is 0.667. The molecular weight excluding hydrogens is 467 g/mol. The quantitative estimate of drug-likeness (QED) is 0.326. The maximum absolute atomic E-state index is 12.4. The highest BCUT2D eigenvalue weighted by atomic mass is 35.5. The van der Waals surface area contributed by atoms with Gasteiger partial charge in [0.2, 0.25) is 0 Å². The molecule has 0 spiro atoms. The molecule has 0 heterocycles. The third-order valence-corrected chi connectivity index (χ3v) is 4.58. The van der Waals surface area contributed by atoms with E-state index in [4.69, 9.17) is 37.4 Å². The normalized spacial score (nSPS) is 12.6. The molecule has 0 saturated carbocycles. The number of carbonyl (C=O) groups excluding carboxylic acids is 2. The van der Waals surface area contributed by atoms with Crippen molar-refractivity contribution in [1.29, 1.82) is 0 Å². The molecule has 9 heteroatoms. The Labute approximate surface area is 208 Å². The van der Waals surface area contributed by atoms with E-state index in [-0.39, 0.29) is 13.0 Å². The molecule has 1 atom stereocenters. The summed E-state index contributed by atoms with van der Waals surface area (Å²) < 4.78 is 16.8. The molecule has 1 rings (SSSR count). The summed E-state index contributed by atoms with van der Waals surface area (Å²) in [6.45, 7) is 14.0. The van der Waals surface area contributed by atoms with Gasteiger partial charge in [-0.3, -0.25) is 4.79 Å². The topological polar surface area (TPSA) is 77.1 Å². The number of amides is 1. The van der Waals surface area contributed by atoms with Crippen LogP contribution in [0.4, 0.5) is 10.5 Å². The zero-order chi connectivity index (χ0) is 25.2. The number of ether oxygens (including phenoxy) is 3. The molecule has 33 heavy (non-hydrogen) atoms. The van der Waals surface area contributed by atoms with Gasteiger partial charge in [0, 0.05) is 36.6 Å². The Balaban J connectivity index is 2.98. The Morgan fingerprint density at radius 2 is 1.58 bits per heavy atom. The monoisotopic (exact) mass is 504 g/mol. The predicted molar refractivity (Wildman–Crippen MR) is 134 cm³/mol. The van der Waals surface area contributed by atoms with Crippen LogP contribution in [0.25, 0.3) is 0 Å². The molecule has 0 aliphatic carbocycles. The van der Waals surface area contributed by atoms with Crippen molar-refractivity contribution in [3.63, 3.8) is 0 Å². The summed E-state index contributed by atoms with van der Waals surface area (Å²) in [6.07, 6.45) is -0.680. The minimum absolute atomic E-state index is 0.0557. The van der Waals surface area contributed by atoms with E-state index in [2.05, 4.69) is 10.2 Å². The number of halogens is 2. The minimum Gasteiger partial charge on any atom is -0.491 e. The molecule has 0 aliphatic heterocycles. The largest absolute Gasteiger partial charge is 0.491 e. The Bertz CT molecular complexity index is 739. The molecular formula is C24H38Cl2N2O5. The minimum atomic E-state index is -0.666. The molecule has 1 aromatic rings. The second-order valence-electron chi connectivity index (χ2n) is 9.76. The zero-order valence-corrected chi connectivity index (χ0v) is 22.3. The number of nitrogens with zero attached hydrogens (tertiary/aromatic N) is 1. The van der Waals surface area contributed by atoms with Crippen LogP contribution in [0, 0.1) is 6.92 Å². The van der Waals surface area contributed by atoms with Gasteiger partial charge < -0.3 is 24.4 Å². The third-order valence-electron chi connectivity index (χ3n) is 4.24. The third kappa shape index (κ3) is 12.2. The number of alkyl halides is 2. The predicted octanol–water partition coefficient (Wildman–Crippen LogP) is 5.28. The van der Waals surface area contributed by atoms with Gasteiger partial charge >= 0.3 is 12.1 Å². The molecule has 7 nitrogen and oxygen atoms in total. The maximum Gasteiger partial charge on any atom is 0.408 e. The second-order valence-corrected chi connectivity index (χ2v) is 10.5. The number of benzene rings is 1. The number of hydrogen-bond acceptors (Lipinski definition) is 6. The van der Waals surface area contributed by atoms with Gasteiger partial charge in [0.1, 0.15) is 23.6 Å². The van der Waals surface area contributed by atoms with Crippen molar-refractivity contribution < 1.29 is 23.8 Å². The first-order valence-electron chi connectivity index (χ1n) is 11.1. The van der Waals surface area contributed by atoms with E-state index in [9.17, 15) is 9.59 Å². The lowest BCUT2D eigenvalue weighted by Crippen LogP contribution is -2.44. The number of anilines is 1. The highest BCUT2D eigenvalue weighted by Gasteiger charge is 2.25. The lowest BCUT2D eigenvalue weighted by Gasteiger charge is -2.26. The SMILES string of the molecule is Cc1ccc(N(CCCl)CCCl)cc1OC[C@@H](CC(=O)OC(C)(C)C)NC(=O)OC(C)(C)C. The van der Waals surface area contributed by atoms with Crippen LogP contribution in [0.5, 0.6) is 5.75 Å². The van der Waals surface area contributed by atoms with Gasteiger partial charge in [-0.05, 0) is 60.1 Å². The van der Waals surface area contributed by atoms with E-state index in [1.54, 1.807) is 41.5 Å². The van der Waals surface area contributed by atoms with Crippen LogP contribution < -0.4 is 15.0 Å². The van der Waals surface area contributed by atoms with E-state index < -0.39 is 29.3 Å². The number of hydrogen-bond donors (Lipinski definition) is 1. The van der Waals surface area contributed by atoms with Gasteiger partial charge in [-0.2, -0.15) is 0 Å². The van der Waals surface area contributed by atoms with Crippen molar-refractivity contribution in [3.05, 3.63) is 23.8 Å². The fourth-order valence-corrected chi connectivity index (χ4v) is 3.32. The summed E-state index contributed by atoms with van der Waals surface area (Å²) in [5.74, 6) is 1.15. The van der Waals surface area contributed by atoms with Gasteiger partial charge in [-0.15, -0.1) is 23.2 Å². The Morgan fingerprint density at radius 1 is 1.00 bits per heavy atom. The lowest BCUT2D eigenvalue weighted by molar-refractivity contribution is -0.155. The number of aryl methyl sites for hydroxylation is 1. The number of nitrogens with one attached hydrogen (secondary N) is 1. The average Bonchev–Trinajstić information content (AvgIpc) is 2.64. The highest BCUT2D eigenvalue weighted by Crippen LogP contribution is 2.26. The smallest absolute Gasteiger partial charge is 0.408 e. The standard InChI is InChI=1S/C24H38Cl2N2O5/c1-17-8-9-19(28(12-10-25)13-11-26)15-20(17)31-16-18(14-21(29)32-23(2,3)4)27-22(30)33-24(5,6)7/h8-9,15,18H,10-14,16H2,1-7H3,(H,27,30)/t18-/m1/s1. The summed E-state index contributed by atoms with van der Waals surface area (Å²) >= 11 is 11.9. The van der Waals surface area contributed by atoms with Gasteiger partial charge in [0.05, 0.1) is 12.5 Å². The van der Waals surface area contributed by atoms with Crippen LogP contribution >= 0.6 is 23.2 Å². The average molecular weight is 505 g/mol. The van der Waals surface area contributed by atoms with Gasteiger partial charge in [-0.25, -0.2) is 4.79 Å². The first-order valence-corrected chi connectivity index (χ1v) is 12.1. The summed E-state index contributed by atoms with van der Waals surface area (Å²) in [4.78, 5) is 26.8. The van der Waals surface area contributed by atoms with E-state index in [1.807, 2.05) is 25.1 Å². The fourth-order valence-electron chi connectivity index (χ4n) is 2.92. The van der Waals surface area contributed by atoms with Crippen molar-refractivity contribution in [3.8, 4) is 5.75 Å². The molecule has 1 aromatic carbocycles. The van der Waals surface area contributed by atoms with Crippen molar-refractivity contribution in [2.75, 3.05) is 36.4 Å². The molecule has 188 valence electrons. The molecule has 0 bridgehead atoms.